The Hall–Kier alpha value is -1.56. The van der Waals surface area contributed by atoms with E-state index in [2.05, 4.69) is 0 Å². The molecule has 7 heteroatoms. The van der Waals surface area contributed by atoms with Crippen molar-refractivity contribution in [2.75, 3.05) is 0 Å². The van der Waals surface area contributed by atoms with Crippen molar-refractivity contribution in [2.45, 2.75) is 13.3 Å². The second kappa shape index (κ2) is 4.52. The second-order valence-electron chi connectivity index (χ2n) is 3.00. The summed E-state index contributed by atoms with van der Waals surface area (Å²) in [7, 11) is 0. The molecule has 0 radical (unpaired) electrons. The minimum Gasteiger partial charge on any atom is -0.294 e. The number of hydrogen-bond donors (Lipinski definition) is 0. The van der Waals surface area contributed by atoms with E-state index in [1.54, 1.807) is 0 Å². The molecular formula is C9H6ClF2NO3. The Morgan fingerprint density at radius 1 is 1.50 bits per heavy atom. The van der Waals surface area contributed by atoms with Gasteiger partial charge in [0.15, 0.2) is 5.78 Å². The molecule has 0 aliphatic heterocycles. The summed E-state index contributed by atoms with van der Waals surface area (Å²) in [5.74, 6) is -0.662. The first kappa shape index (κ1) is 12.5. The van der Waals surface area contributed by atoms with E-state index in [9.17, 15) is 23.7 Å². The van der Waals surface area contributed by atoms with E-state index in [-0.39, 0.29) is 5.56 Å². The summed E-state index contributed by atoms with van der Waals surface area (Å²) in [6.07, 6.45) is -2.88. The molecule has 0 atom stereocenters. The van der Waals surface area contributed by atoms with Crippen molar-refractivity contribution in [3.8, 4) is 0 Å². The fourth-order valence-electron chi connectivity index (χ4n) is 1.18. The number of nitro groups is 1. The Morgan fingerprint density at radius 2 is 2.06 bits per heavy atom. The summed E-state index contributed by atoms with van der Waals surface area (Å²) < 4.78 is 24.9. The molecule has 0 unspecified atom stereocenters. The van der Waals surface area contributed by atoms with E-state index in [1.165, 1.54) is 0 Å². The Labute approximate surface area is 94.0 Å². The van der Waals surface area contributed by atoms with Gasteiger partial charge >= 0.3 is 0 Å². The molecule has 0 heterocycles. The molecule has 4 nitrogen and oxygen atoms in total. The van der Waals surface area contributed by atoms with Crippen LogP contribution in [0.25, 0.3) is 0 Å². The van der Waals surface area contributed by atoms with E-state index < -0.39 is 33.4 Å². The number of alkyl halides is 2. The number of rotatable bonds is 3. The van der Waals surface area contributed by atoms with Crippen molar-refractivity contribution in [3.05, 3.63) is 38.4 Å². The van der Waals surface area contributed by atoms with Gasteiger partial charge in [-0.05, 0) is 13.0 Å². The Bertz CT molecular complexity index is 462. The van der Waals surface area contributed by atoms with Gasteiger partial charge in [0.1, 0.15) is 0 Å². The van der Waals surface area contributed by atoms with Crippen molar-refractivity contribution in [1.82, 2.24) is 0 Å². The minimum absolute atomic E-state index is 0.371. The predicted octanol–water partition coefficient (Wildman–Crippen LogP) is 3.39. The fraction of sp³-hybridized carbons (Fsp3) is 0.222. The maximum atomic E-state index is 12.4. The quantitative estimate of drug-likeness (QED) is 0.469. The van der Waals surface area contributed by atoms with Crippen LogP contribution in [0.1, 0.15) is 29.3 Å². The average molecular weight is 250 g/mol. The smallest absolute Gasteiger partial charge is 0.281 e. The molecule has 0 spiro atoms. The molecule has 1 aromatic carbocycles. The first-order valence-corrected chi connectivity index (χ1v) is 4.49. The van der Waals surface area contributed by atoms with Crippen LogP contribution in [0.5, 0.6) is 0 Å². The zero-order chi connectivity index (χ0) is 12.5. The highest BCUT2D eigenvalue weighted by molar-refractivity contribution is 6.31. The summed E-state index contributed by atoms with van der Waals surface area (Å²) in [6, 6.07) is 1.52. The standard InChI is InChI=1S/C9H6ClF2NO3/c1-4(14)5-2-6(9(11)12)7(10)3-8(5)13(15)16/h2-3,9H,1H3. The van der Waals surface area contributed by atoms with Crippen LogP contribution >= 0.6 is 11.6 Å². The topological polar surface area (TPSA) is 60.2 Å². The number of Topliss-reactive ketones (excluding diaryl/α,β-unsaturated/α-hetero) is 1. The molecule has 0 saturated carbocycles. The first-order chi connectivity index (χ1) is 7.34. The summed E-state index contributed by atoms with van der Waals surface area (Å²) >= 11 is 5.45. The minimum atomic E-state index is -2.88. The summed E-state index contributed by atoms with van der Waals surface area (Å²) in [5, 5.41) is 10.1. The first-order valence-electron chi connectivity index (χ1n) is 4.11. The summed E-state index contributed by atoms with van der Waals surface area (Å²) in [6.45, 7) is 1.06. The van der Waals surface area contributed by atoms with Gasteiger partial charge in [0, 0.05) is 11.6 Å². The molecule has 0 aromatic heterocycles. The van der Waals surface area contributed by atoms with Crippen LogP contribution < -0.4 is 0 Å². The molecule has 1 aromatic rings. The highest BCUT2D eigenvalue weighted by atomic mass is 35.5. The van der Waals surface area contributed by atoms with Gasteiger partial charge in [-0.1, -0.05) is 11.6 Å². The van der Waals surface area contributed by atoms with Gasteiger partial charge in [-0.25, -0.2) is 8.78 Å². The zero-order valence-electron chi connectivity index (χ0n) is 8.04. The van der Waals surface area contributed by atoms with Crippen molar-refractivity contribution in [3.63, 3.8) is 0 Å². The number of carbonyl (C=O) groups excluding carboxylic acids is 1. The van der Waals surface area contributed by atoms with Gasteiger partial charge in [-0.3, -0.25) is 14.9 Å². The van der Waals surface area contributed by atoms with E-state index in [4.69, 9.17) is 11.6 Å². The van der Waals surface area contributed by atoms with E-state index in [0.29, 0.717) is 0 Å². The van der Waals surface area contributed by atoms with E-state index in [1.807, 2.05) is 0 Å². The number of ketones is 1. The van der Waals surface area contributed by atoms with Crippen LogP contribution in [0, 0.1) is 10.1 Å². The third-order valence-corrected chi connectivity index (χ3v) is 2.25. The Morgan fingerprint density at radius 3 is 2.44 bits per heavy atom. The van der Waals surface area contributed by atoms with Crippen LogP contribution in [-0.2, 0) is 0 Å². The molecule has 0 aliphatic carbocycles. The molecule has 16 heavy (non-hydrogen) atoms. The number of benzene rings is 1. The maximum Gasteiger partial charge on any atom is 0.281 e. The van der Waals surface area contributed by atoms with Crippen LogP contribution in [0.3, 0.4) is 0 Å². The monoisotopic (exact) mass is 249 g/mol. The van der Waals surface area contributed by atoms with E-state index in [0.717, 1.165) is 19.1 Å². The second-order valence-corrected chi connectivity index (χ2v) is 3.41. The maximum absolute atomic E-state index is 12.4. The van der Waals surface area contributed by atoms with Crippen molar-refractivity contribution in [2.24, 2.45) is 0 Å². The highest BCUT2D eigenvalue weighted by Crippen LogP contribution is 2.33. The number of hydrogen-bond acceptors (Lipinski definition) is 3. The number of nitro benzene ring substituents is 1. The molecular weight excluding hydrogens is 244 g/mol. The van der Waals surface area contributed by atoms with Crippen molar-refractivity contribution >= 4 is 23.1 Å². The average Bonchev–Trinajstić information content (AvgIpc) is 2.15. The van der Waals surface area contributed by atoms with Gasteiger partial charge in [0.05, 0.1) is 15.5 Å². The van der Waals surface area contributed by atoms with E-state index >= 15 is 0 Å². The normalized spacial score (nSPS) is 10.6. The molecule has 0 aliphatic rings. The van der Waals surface area contributed by atoms with Crippen LogP contribution in [-0.4, -0.2) is 10.7 Å². The fourth-order valence-corrected chi connectivity index (χ4v) is 1.42. The Kier molecular flexibility index (Phi) is 3.54. The molecule has 0 fully saturated rings. The molecule has 0 bridgehead atoms. The largest absolute Gasteiger partial charge is 0.294 e. The number of carbonyl (C=O) groups is 1. The molecule has 1 rings (SSSR count). The van der Waals surface area contributed by atoms with Gasteiger partial charge < -0.3 is 0 Å². The van der Waals surface area contributed by atoms with Crippen LogP contribution in [0.15, 0.2) is 12.1 Å². The highest BCUT2D eigenvalue weighted by Gasteiger charge is 2.23. The third-order valence-electron chi connectivity index (χ3n) is 1.93. The van der Waals surface area contributed by atoms with Crippen LogP contribution in [0.2, 0.25) is 5.02 Å². The zero-order valence-corrected chi connectivity index (χ0v) is 8.79. The van der Waals surface area contributed by atoms with Crippen LogP contribution in [0.4, 0.5) is 14.5 Å². The molecule has 0 saturated heterocycles. The molecule has 86 valence electrons. The summed E-state index contributed by atoms with van der Waals surface area (Å²) in [4.78, 5) is 20.8. The lowest BCUT2D eigenvalue weighted by Gasteiger charge is -2.05. The summed E-state index contributed by atoms with van der Waals surface area (Å²) in [5.41, 5.74) is -1.52. The van der Waals surface area contributed by atoms with Gasteiger partial charge in [0.25, 0.3) is 12.1 Å². The van der Waals surface area contributed by atoms with Gasteiger partial charge in [-0.15, -0.1) is 0 Å². The van der Waals surface area contributed by atoms with Gasteiger partial charge in [-0.2, -0.15) is 0 Å². The lowest BCUT2D eigenvalue weighted by molar-refractivity contribution is -0.385. The van der Waals surface area contributed by atoms with Crippen molar-refractivity contribution in [1.29, 1.82) is 0 Å². The van der Waals surface area contributed by atoms with Crippen molar-refractivity contribution < 1.29 is 18.5 Å². The lowest BCUT2D eigenvalue weighted by Crippen LogP contribution is -2.02. The predicted molar refractivity (Wildman–Crippen MR) is 53.1 cm³/mol. The number of nitrogens with zero attached hydrogens (tertiary/aromatic N) is 1. The molecule has 0 amide bonds. The lowest BCUT2D eigenvalue weighted by atomic mass is 10.1. The van der Waals surface area contributed by atoms with Gasteiger partial charge in [0.2, 0.25) is 0 Å². The number of halogens is 3. The SMILES string of the molecule is CC(=O)c1cc(C(F)F)c(Cl)cc1[N+](=O)[O-]. The Balaban J connectivity index is 3.49. The molecule has 0 N–H and O–H groups in total. The third kappa shape index (κ3) is 2.33.